The van der Waals surface area contributed by atoms with Crippen molar-refractivity contribution in [2.45, 2.75) is 25.5 Å². The Balaban J connectivity index is 1.16. The molecule has 0 aliphatic heterocycles. The number of aromatic nitrogens is 4. The first-order valence-corrected chi connectivity index (χ1v) is 24.1. The minimum Gasteiger partial charge on any atom is -0.307 e. The number of alkyl halides is 9. The molecular weight excluding hydrogens is 998 g/mol. The summed E-state index contributed by atoms with van der Waals surface area (Å²) in [5, 5.41) is 13.8. The van der Waals surface area contributed by atoms with Gasteiger partial charge < -0.3 is 9.13 Å². The van der Waals surface area contributed by atoms with Crippen molar-refractivity contribution in [1.82, 2.24) is 19.1 Å². The molecule has 376 valence electrons. The van der Waals surface area contributed by atoms with E-state index >= 15 is 0 Å². The maximum Gasteiger partial charge on any atom is 0.416 e. The highest BCUT2D eigenvalue weighted by Gasteiger charge is 2.37. The molecule has 77 heavy (non-hydrogen) atoms. The molecule has 0 amide bonds. The third-order valence-corrected chi connectivity index (χ3v) is 13.8. The lowest BCUT2D eigenvalue weighted by atomic mass is 9.97. The minimum absolute atomic E-state index is 0.0963. The predicted octanol–water partition coefficient (Wildman–Crippen LogP) is 18.2. The number of para-hydroxylation sites is 2. The highest BCUT2D eigenvalue weighted by atomic mass is 19.4. The normalized spacial score (nSPS) is 12.3. The van der Waals surface area contributed by atoms with E-state index in [-0.39, 0.29) is 28.6 Å². The van der Waals surface area contributed by atoms with Gasteiger partial charge in [-0.25, -0.2) is 9.97 Å². The van der Waals surface area contributed by atoms with E-state index in [4.69, 9.17) is 9.97 Å². The maximum atomic E-state index is 14.2. The summed E-state index contributed by atoms with van der Waals surface area (Å²) in [6.45, 7) is 1.61. The molecule has 3 heterocycles. The molecule has 0 spiro atoms. The highest BCUT2D eigenvalue weighted by molar-refractivity contribution is 6.13. The van der Waals surface area contributed by atoms with Gasteiger partial charge in [0.25, 0.3) is 0 Å². The molecule has 0 aliphatic carbocycles. The zero-order valence-electron chi connectivity index (χ0n) is 40.2. The van der Waals surface area contributed by atoms with E-state index < -0.39 is 35.2 Å². The maximum absolute atomic E-state index is 14.2. The van der Waals surface area contributed by atoms with Crippen LogP contribution in [-0.4, -0.2) is 19.1 Å². The Bertz CT molecular complexity index is 4280. The smallest absolute Gasteiger partial charge is 0.307 e. The van der Waals surface area contributed by atoms with Crippen molar-refractivity contribution in [2.24, 2.45) is 0 Å². The average molecular weight is 1030 g/mol. The van der Waals surface area contributed by atoms with Crippen LogP contribution in [0.3, 0.4) is 0 Å². The first-order valence-electron chi connectivity index (χ1n) is 24.1. The predicted molar refractivity (Wildman–Crippen MR) is 282 cm³/mol. The van der Waals surface area contributed by atoms with E-state index in [0.717, 1.165) is 28.6 Å². The number of nitriles is 1. The molecule has 0 fully saturated rings. The number of hydrogen-bond acceptors (Lipinski definition) is 3. The van der Waals surface area contributed by atoms with Gasteiger partial charge >= 0.3 is 18.5 Å². The summed E-state index contributed by atoms with van der Waals surface area (Å²) >= 11 is 0. The monoisotopic (exact) mass is 1030 g/mol. The zero-order valence-corrected chi connectivity index (χ0v) is 40.2. The van der Waals surface area contributed by atoms with E-state index in [9.17, 15) is 44.8 Å². The minimum atomic E-state index is -5.07. The van der Waals surface area contributed by atoms with Crippen LogP contribution in [0.2, 0.25) is 0 Å². The summed E-state index contributed by atoms with van der Waals surface area (Å²) in [6.07, 6.45) is -14.7. The largest absolute Gasteiger partial charge is 0.416 e. The summed E-state index contributed by atoms with van der Waals surface area (Å²) in [6, 6.07) is 57.1. The summed E-state index contributed by atoms with van der Waals surface area (Å²) in [7, 11) is 0. The molecule has 0 saturated heterocycles. The molecule has 9 aromatic carbocycles. The van der Waals surface area contributed by atoms with Crippen LogP contribution in [0.15, 0.2) is 200 Å². The standard InChI is InChI=1S/C63H36F9N5/c1-36-24-41(26-44(25-36)61(64,65)66)39-20-22-57-50(29-39)48-17-9-11-19-55(48)77(57)59-33-49(60-74-52(37-12-4-2-5-13-37)34-53(75-60)38-14-6-3-7-15-38)43(35-73)31-58(59)76-54-18-10-8-16-47(54)51-30-40(21-23-56(51)76)42-27-45(62(67,68)69)32-46(28-42)63(70,71)72/h2-34H,1H3. The molecule has 0 bridgehead atoms. The fourth-order valence-corrected chi connectivity index (χ4v) is 10.4. The van der Waals surface area contributed by atoms with Crippen LogP contribution in [0, 0.1) is 18.3 Å². The van der Waals surface area contributed by atoms with Crippen molar-refractivity contribution < 1.29 is 39.5 Å². The molecule has 12 aromatic rings. The van der Waals surface area contributed by atoms with Gasteiger partial charge in [-0.3, -0.25) is 0 Å². The number of aryl methyl sites for hydroxylation is 1. The van der Waals surface area contributed by atoms with Gasteiger partial charge in [0.2, 0.25) is 0 Å². The summed E-state index contributed by atoms with van der Waals surface area (Å²) in [4.78, 5) is 10.2. The molecule has 5 nitrogen and oxygen atoms in total. The van der Waals surface area contributed by atoms with Crippen LogP contribution in [0.4, 0.5) is 39.5 Å². The van der Waals surface area contributed by atoms with Gasteiger partial charge in [-0.1, -0.05) is 115 Å². The number of nitrogens with zero attached hydrogens (tertiary/aromatic N) is 5. The molecule has 0 atom stereocenters. The Morgan fingerprint density at radius 2 is 0.792 bits per heavy atom. The Labute approximate surface area is 433 Å². The van der Waals surface area contributed by atoms with Crippen LogP contribution in [-0.2, 0) is 18.5 Å². The van der Waals surface area contributed by atoms with Gasteiger partial charge in [0, 0.05) is 38.2 Å². The lowest BCUT2D eigenvalue weighted by molar-refractivity contribution is -0.143. The second-order valence-electron chi connectivity index (χ2n) is 18.7. The summed E-state index contributed by atoms with van der Waals surface area (Å²) in [5.41, 5.74) is 4.13. The van der Waals surface area contributed by atoms with Crippen molar-refractivity contribution in [1.29, 1.82) is 5.26 Å². The van der Waals surface area contributed by atoms with E-state index in [1.54, 1.807) is 55.5 Å². The number of rotatable bonds is 7. The number of hydrogen-bond donors (Lipinski definition) is 0. The van der Waals surface area contributed by atoms with Crippen molar-refractivity contribution in [2.75, 3.05) is 0 Å². The molecule has 0 aliphatic rings. The second-order valence-corrected chi connectivity index (χ2v) is 18.7. The lowest BCUT2D eigenvalue weighted by Gasteiger charge is -2.20. The fraction of sp³-hybridized carbons (Fsp3) is 0.0635. The van der Waals surface area contributed by atoms with E-state index in [1.807, 2.05) is 124 Å². The van der Waals surface area contributed by atoms with Crippen LogP contribution in [0.25, 0.3) is 111 Å². The van der Waals surface area contributed by atoms with Crippen LogP contribution < -0.4 is 0 Å². The van der Waals surface area contributed by atoms with Gasteiger partial charge in [0.1, 0.15) is 0 Å². The van der Waals surface area contributed by atoms with E-state index in [2.05, 4.69) is 6.07 Å². The fourth-order valence-electron chi connectivity index (χ4n) is 10.4. The van der Waals surface area contributed by atoms with Crippen LogP contribution >= 0.6 is 0 Å². The van der Waals surface area contributed by atoms with Gasteiger partial charge in [-0.2, -0.15) is 44.8 Å². The molecule has 0 saturated carbocycles. The first-order chi connectivity index (χ1) is 36.9. The highest BCUT2D eigenvalue weighted by Crippen LogP contribution is 2.45. The third-order valence-electron chi connectivity index (χ3n) is 13.8. The van der Waals surface area contributed by atoms with E-state index in [1.165, 1.54) is 6.07 Å². The summed E-state index contributed by atoms with van der Waals surface area (Å²) in [5.74, 6) is 0.226. The second kappa shape index (κ2) is 18.1. The Kier molecular flexibility index (Phi) is 11.4. The average Bonchev–Trinajstić information content (AvgIpc) is 4.20. The lowest BCUT2D eigenvalue weighted by Crippen LogP contribution is -2.11. The SMILES string of the molecule is Cc1cc(-c2ccc3c(c2)c2ccccc2n3-c2cc(-c3nc(-c4ccccc4)cc(-c4ccccc4)n3)c(C#N)cc2-n2c3ccccc3c3cc(-c4cc(C(F)(F)F)cc(C(F)(F)F)c4)ccc32)cc(C(F)(F)F)c1. The van der Waals surface area contributed by atoms with Crippen molar-refractivity contribution in [3.05, 3.63) is 228 Å². The third kappa shape index (κ3) is 8.69. The molecule has 12 rings (SSSR count). The molecule has 0 unspecified atom stereocenters. The van der Waals surface area contributed by atoms with Gasteiger partial charge in [0.05, 0.1) is 73.2 Å². The van der Waals surface area contributed by atoms with Crippen molar-refractivity contribution in [3.63, 3.8) is 0 Å². The van der Waals surface area contributed by atoms with Crippen molar-refractivity contribution >= 4 is 43.6 Å². The Morgan fingerprint density at radius 3 is 1.26 bits per heavy atom. The molecule has 3 aromatic heterocycles. The number of benzene rings is 9. The Morgan fingerprint density at radius 1 is 0.377 bits per heavy atom. The van der Waals surface area contributed by atoms with Gasteiger partial charge in [0.15, 0.2) is 5.82 Å². The van der Waals surface area contributed by atoms with Gasteiger partial charge in [-0.05, 0) is 120 Å². The zero-order chi connectivity index (χ0) is 53.5. The van der Waals surface area contributed by atoms with Crippen LogP contribution in [0.5, 0.6) is 0 Å². The van der Waals surface area contributed by atoms with Crippen molar-refractivity contribution in [3.8, 4) is 73.6 Å². The van der Waals surface area contributed by atoms with Gasteiger partial charge in [-0.15, -0.1) is 0 Å². The number of fused-ring (bicyclic) bond motifs is 6. The quantitative estimate of drug-likeness (QED) is 0.149. The molecule has 14 heteroatoms. The first kappa shape index (κ1) is 48.5. The Hall–Kier alpha value is -9.48. The van der Waals surface area contributed by atoms with E-state index in [0.29, 0.717) is 95.4 Å². The molecular formula is C63H36F9N5. The van der Waals surface area contributed by atoms with Crippen LogP contribution in [0.1, 0.15) is 27.8 Å². The molecule has 0 N–H and O–H groups in total. The molecule has 0 radical (unpaired) electrons. The summed E-state index contributed by atoms with van der Waals surface area (Å²) < 4.78 is 131. The number of halogens is 9. The topological polar surface area (TPSA) is 59.4 Å².